The summed E-state index contributed by atoms with van der Waals surface area (Å²) in [4.78, 5) is 23.4. The quantitative estimate of drug-likeness (QED) is 0.521. The normalized spacial score (nSPS) is 16.4. The smallest absolute Gasteiger partial charge is 0.373 e. The molecule has 2 aromatic heterocycles. The summed E-state index contributed by atoms with van der Waals surface area (Å²) < 4.78 is 11.3. The summed E-state index contributed by atoms with van der Waals surface area (Å²) in [5.74, 6) is 0.358. The molecule has 1 aliphatic rings. The Hall–Kier alpha value is -3.33. The summed E-state index contributed by atoms with van der Waals surface area (Å²) in [6.45, 7) is 1.15. The Morgan fingerprint density at radius 1 is 1.26 bits per heavy atom. The van der Waals surface area contributed by atoms with Crippen molar-refractivity contribution in [1.29, 1.82) is 0 Å². The molecule has 9 heteroatoms. The predicted molar refractivity (Wildman–Crippen MR) is 98.0 cm³/mol. The van der Waals surface area contributed by atoms with Gasteiger partial charge in [-0.1, -0.05) is 18.2 Å². The average molecular weight is 367 g/mol. The second-order valence-electron chi connectivity index (χ2n) is 6.08. The van der Waals surface area contributed by atoms with E-state index in [1.807, 2.05) is 18.2 Å². The number of para-hydroxylation sites is 1. The number of benzene rings is 1. The zero-order valence-electron chi connectivity index (χ0n) is 14.4. The van der Waals surface area contributed by atoms with Crippen LogP contribution in [0.5, 0.6) is 11.6 Å². The van der Waals surface area contributed by atoms with Gasteiger partial charge in [-0.3, -0.25) is 15.1 Å². The molecule has 1 N–H and O–H groups in total. The Morgan fingerprint density at radius 3 is 2.96 bits per heavy atom. The topological polar surface area (TPSA) is 112 Å². The molecule has 1 aliphatic heterocycles. The maximum atomic E-state index is 11.7. The molecule has 4 rings (SSSR count). The lowest BCUT2D eigenvalue weighted by molar-refractivity contribution is -0.385. The summed E-state index contributed by atoms with van der Waals surface area (Å²) in [7, 11) is 0. The van der Waals surface area contributed by atoms with Gasteiger partial charge in [0.2, 0.25) is 5.82 Å². The standard InChI is InChI=1S/C18H17N5O4/c24-23(25)16-17(20-10-13-6-3-9-26-13)21-11-22-18(16)27-14-7-1-4-12-5-2-8-19-15(12)14/h1-2,4-5,7-8,11,13H,3,6,9-10H2,(H,20,21,22). The summed E-state index contributed by atoms with van der Waals surface area (Å²) in [5, 5.41) is 15.5. The Bertz CT molecular complexity index is 970. The van der Waals surface area contributed by atoms with E-state index in [4.69, 9.17) is 9.47 Å². The molecule has 1 saturated heterocycles. The van der Waals surface area contributed by atoms with Gasteiger partial charge in [0.25, 0.3) is 0 Å². The highest BCUT2D eigenvalue weighted by Gasteiger charge is 2.26. The van der Waals surface area contributed by atoms with Gasteiger partial charge in [-0.25, -0.2) is 4.98 Å². The Labute approximate surface area is 154 Å². The zero-order chi connectivity index (χ0) is 18.6. The first-order valence-electron chi connectivity index (χ1n) is 8.59. The van der Waals surface area contributed by atoms with Crippen LogP contribution >= 0.6 is 0 Å². The van der Waals surface area contributed by atoms with Crippen LogP contribution in [0, 0.1) is 10.1 Å². The molecule has 27 heavy (non-hydrogen) atoms. The lowest BCUT2D eigenvalue weighted by Gasteiger charge is -2.12. The molecule has 9 nitrogen and oxygen atoms in total. The average Bonchev–Trinajstić information content (AvgIpc) is 3.20. The van der Waals surface area contributed by atoms with Gasteiger partial charge in [-0.15, -0.1) is 0 Å². The highest BCUT2D eigenvalue weighted by Crippen LogP contribution is 2.36. The number of ether oxygens (including phenoxy) is 2. The molecule has 3 heterocycles. The number of anilines is 1. The van der Waals surface area contributed by atoms with Crippen LogP contribution in [0.3, 0.4) is 0 Å². The number of rotatable bonds is 6. The van der Waals surface area contributed by atoms with Crippen molar-refractivity contribution in [1.82, 2.24) is 15.0 Å². The summed E-state index contributed by atoms with van der Waals surface area (Å²) in [6.07, 6.45) is 4.79. The van der Waals surface area contributed by atoms with E-state index < -0.39 is 4.92 Å². The summed E-state index contributed by atoms with van der Waals surface area (Å²) in [6, 6.07) is 9.08. The molecule has 1 atom stereocenters. The second kappa shape index (κ2) is 7.50. The third-order valence-corrected chi connectivity index (χ3v) is 4.29. The molecule has 138 valence electrons. The van der Waals surface area contributed by atoms with Crippen molar-refractivity contribution in [2.45, 2.75) is 18.9 Å². The number of aromatic nitrogens is 3. The van der Waals surface area contributed by atoms with Gasteiger partial charge in [0.15, 0.2) is 5.75 Å². The minimum Gasteiger partial charge on any atom is -0.431 e. The first-order valence-corrected chi connectivity index (χ1v) is 8.59. The summed E-state index contributed by atoms with van der Waals surface area (Å²) >= 11 is 0. The Morgan fingerprint density at radius 2 is 2.15 bits per heavy atom. The third-order valence-electron chi connectivity index (χ3n) is 4.29. The molecule has 1 aromatic carbocycles. The number of hydrogen-bond acceptors (Lipinski definition) is 8. The van der Waals surface area contributed by atoms with Crippen LogP contribution < -0.4 is 10.1 Å². The van der Waals surface area contributed by atoms with Crippen LogP contribution in [0.2, 0.25) is 0 Å². The van der Waals surface area contributed by atoms with Crippen LogP contribution in [0.1, 0.15) is 12.8 Å². The van der Waals surface area contributed by atoms with Crippen LogP contribution in [0.15, 0.2) is 42.9 Å². The zero-order valence-corrected chi connectivity index (χ0v) is 14.4. The predicted octanol–water partition coefficient (Wildman–Crippen LogP) is 3.32. The van der Waals surface area contributed by atoms with Crippen molar-refractivity contribution >= 4 is 22.4 Å². The lowest BCUT2D eigenvalue weighted by Crippen LogP contribution is -2.19. The fourth-order valence-corrected chi connectivity index (χ4v) is 3.01. The fraction of sp³-hybridized carbons (Fsp3) is 0.278. The molecule has 0 radical (unpaired) electrons. The molecule has 0 amide bonds. The van der Waals surface area contributed by atoms with E-state index in [9.17, 15) is 10.1 Å². The maximum Gasteiger partial charge on any atom is 0.373 e. The Kier molecular flexibility index (Phi) is 4.75. The molecule has 3 aromatic rings. The molecule has 0 saturated carbocycles. The van der Waals surface area contributed by atoms with E-state index in [1.165, 1.54) is 6.33 Å². The second-order valence-corrected chi connectivity index (χ2v) is 6.08. The highest BCUT2D eigenvalue weighted by atomic mass is 16.6. The monoisotopic (exact) mass is 367 g/mol. The number of hydrogen-bond donors (Lipinski definition) is 1. The maximum absolute atomic E-state index is 11.7. The number of nitrogens with one attached hydrogen (secondary N) is 1. The molecule has 0 spiro atoms. The minimum absolute atomic E-state index is 0.0196. The van der Waals surface area contributed by atoms with Gasteiger partial charge in [0.1, 0.15) is 11.8 Å². The van der Waals surface area contributed by atoms with Crippen molar-refractivity contribution in [3.05, 3.63) is 53.0 Å². The van der Waals surface area contributed by atoms with Gasteiger partial charge in [0.05, 0.1) is 11.0 Å². The van der Waals surface area contributed by atoms with Crippen molar-refractivity contribution in [2.24, 2.45) is 0 Å². The van der Waals surface area contributed by atoms with E-state index in [0.29, 0.717) is 24.4 Å². The number of nitrogens with zero attached hydrogens (tertiary/aromatic N) is 4. The van der Waals surface area contributed by atoms with Crippen LogP contribution in [0.4, 0.5) is 11.5 Å². The van der Waals surface area contributed by atoms with Gasteiger partial charge in [-0.05, 0) is 25.0 Å². The van der Waals surface area contributed by atoms with Gasteiger partial charge >= 0.3 is 11.6 Å². The molecule has 0 bridgehead atoms. The Balaban J connectivity index is 1.65. The minimum atomic E-state index is -0.550. The SMILES string of the molecule is O=[N+]([O-])c1c(NCC2CCCO2)ncnc1Oc1cccc2cccnc12. The highest BCUT2D eigenvalue weighted by molar-refractivity contribution is 5.84. The van der Waals surface area contributed by atoms with Crippen molar-refractivity contribution < 1.29 is 14.4 Å². The number of nitro groups is 1. The van der Waals surface area contributed by atoms with Crippen LogP contribution in [-0.2, 0) is 4.74 Å². The molecule has 1 unspecified atom stereocenters. The summed E-state index contributed by atoms with van der Waals surface area (Å²) in [5.41, 5.74) is 0.283. The molecule has 1 fully saturated rings. The van der Waals surface area contributed by atoms with Gasteiger partial charge < -0.3 is 14.8 Å². The van der Waals surface area contributed by atoms with E-state index in [2.05, 4.69) is 20.3 Å². The fourth-order valence-electron chi connectivity index (χ4n) is 3.01. The first-order chi connectivity index (χ1) is 13.2. The van der Waals surface area contributed by atoms with Gasteiger partial charge in [-0.2, -0.15) is 4.98 Å². The van der Waals surface area contributed by atoms with Crippen LogP contribution in [-0.4, -0.2) is 39.1 Å². The van der Waals surface area contributed by atoms with Crippen molar-refractivity contribution in [3.63, 3.8) is 0 Å². The van der Waals surface area contributed by atoms with Crippen LogP contribution in [0.25, 0.3) is 10.9 Å². The van der Waals surface area contributed by atoms with E-state index >= 15 is 0 Å². The molecular weight excluding hydrogens is 350 g/mol. The number of pyridine rings is 1. The number of fused-ring (bicyclic) bond motifs is 1. The van der Waals surface area contributed by atoms with E-state index in [0.717, 1.165) is 18.2 Å². The molecule has 0 aliphatic carbocycles. The lowest BCUT2D eigenvalue weighted by atomic mass is 10.2. The third kappa shape index (κ3) is 3.63. The van der Waals surface area contributed by atoms with Crippen molar-refractivity contribution in [2.75, 3.05) is 18.5 Å². The van der Waals surface area contributed by atoms with Gasteiger partial charge in [0, 0.05) is 24.7 Å². The van der Waals surface area contributed by atoms with Crippen molar-refractivity contribution in [3.8, 4) is 11.6 Å². The largest absolute Gasteiger partial charge is 0.431 e. The van der Waals surface area contributed by atoms with E-state index in [-0.39, 0.29) is 23.5 Å². The first kappa shape index (κ1) is 17.1. The van der Waals surface area contributed by atoms with E-state index in [1.54, 1.807) is 18.3 Å². The molecular formula is C18H17N5O4.